The summed E-state index contributed by atoms with van der Waals surface area (Å²) in [6.45, 7) is 3.74. The van der Waals surface area contributed by atoms with Crippen molar-refractivity contribution in [3.63, 3.8) is 0 Å². The highest BCUT2D eigenvalue weighted by molar-refractivity contribution is 6.41. The molecule has 1 fully saturated rings. The number of hydrogen-bond donors (Lipinski definition) is 0. The van der Waals surface area contributed by atoms with Crippen molar-refractivity contribution < 1.29 is 14.3 Å². The molecule has 1 amide bonds. The summed E-state index contributed by atoms with van der Waals surface area (Å²) < 4.78 is 5.06. The lowest BCUT2D eigenvalue weighted by Gasteiger charge is -2.38. The Labute approximate surface area is 139 Å². The average Bonchev–Trinajstić information content (AvgIpc) is 2.47. The number of esters is 1. The molecule has 0 spiro atoms. The van der Waals surface area contributed by atoms with Gasteiger partial charge in [-0.1, -0.05) is 23.2 Å². The van der Waals surface area contributed by atoms with Gasteiger partial charge in [0.1, 0.15) is 5.15 Å². The third kappa shape index (κ3) is 3.90. The molecule has 120 valence electrons. The van der Waals surface area contributed by atoms with Crippen LogP contribution in [0.3, 0.4) is 0 Å². The van der Waals surface area contributed by atoms with E-state index in [0.29, 0.717) is 0 Å². The molecule has 0 aliphatic carbocycles. The first-order valence-electron chi connectivity index (χ1n) is 7.19. The number of pyridine rings is 1. The number of nitrogens with zero attached hydrogens (tertiary/aromatic N) is 2. The lowest BCUT2D eigenvalue weighted by molar-refractivity contribution is -0.140. The summed E-state index contributed by atoms with van der Waals surface area (Å²) in [5, 5.41) is 0.283. The Morgan fingerprint density at radius 3 is 2.55 bits per heavy atom. The van der Waals surface area contributed by atoms with E-state index in [4.69, 9.17) is 27.9 Å². The van der Waals surface area contributed by atoms with Crippen LogP contribution >= 0.6 is 23.2 Å². The predicted molar refractivity (Wildman–Crippen MR) is 84.2 cm³/mol. The van der Waals surface area contributed by atoms with Crippen LogP contribution in [0.2, 0.25) is 10.2 Å². The second kappa shape index (κ2) is 7.29. The first-order valence-corrected chi connectivity index (χ1v) is 7.95. The SMILES string of the molecule is C[C@@H]1CCC[C@@H](C)N1C(=O)COC(=O)c1cnc(Cl)c(Cl)c1. The van der Waals surface area contributed by atoms with E-state index in [1.54, 1.807) is 4.90 Å². The van der Waals surface area contributed by atoms with Crippen LogP contribution in [0, 0.1) is 0 Å². The van der Waals surface area contributed by atoms with Gasteiger partial charge in [-0.2, -0.15) is 0 Å². The van der Waals surface area contributed by atoms with Gasteiger partial charge in [0.2, 0.25) is 0 Å². The minimum Gasteiger partial charge on any atom is -0.452 e. The maximum absolute atomic E-state index is 12.3. The number of likely N-dealkylation sites (tertiary alicyclic amines) is 1. The van der Waals surface area contributed by atoms with Crippen LogP contribution in [-0.4, -0.2) is 40.5 Å². The smallest absolute Gasteiger partial charge is 0.340 e. The monoisotopic (exact) mass is 344 g/mol. The van der Waals surface area contributed by atoms with Crippen LogP contribution in [0.25, 0.3) is 0 Å². The lowest BCUT2D eigenvalue weighted by Crippen LogP contribution is -2.49. The maximum Gasteiger partial charge on any atom is 0.340 e. The zero-order valence-corrected chi connectivity index (χ0v) is 14.0. The molecule has 2 heterocycles. The molecule has 2 atom stereocenters. The zero-order chi connectivity index (χ0) is 16.3. The van der Waals surface area contributed by atoms with Gasteiger partial charge in [0.05, 0.1) is 10.6 Å². The highest BCUT2D eigenvalue weighted by atomic mass is 35.5. The van der Waals surface area contributed by atoms with Gasteiger partial charge in [-0.15, -0.1) is 0 Å². The van der Waals surface area contributed by atoms with Gasteiger partial charge in [0, 0.05) is 18.3 Å². The highest BCUT2D eigenvalue weighted by Crippen LogP contribution is 2.23. The number of hydrogen-bond acceptors (Lipinski definition) is 4. The largest absolute Gasteiger partial charge is 0.452 e. The first kappa shape index (κ1) is 17.0. The van der Waals surface area contributed by atoms with E-state index in [1.165, 1.54) is 12.3 Å². The van der Waals surface area contributed by atoms with E-state index in [2.05, 4.69) is 4.98 Å². The van der Waals surface area contributed by atoms with Crippen molar-refractivity contribution in [3.05, 3.63) is 28.0 Å². The van der Waals surface area contributed by atoms with Gasteiger partial charge in [0.15, 0.2) is 6.61 Å². The number of piperidine rings is 1. The number of aromatic nitrogens is 1. The molecule has 22 heavy (non-hydrogen) atoms. The van der Waals surface area contributed by atoms with Crippen molar-refractivity contribution in [2.75, 3.05) is 6.61 Å². The fourth-order valence-corrected chi connectivity index (χ4v) is 3.00. The summed E-state index contributed by atoms with van der Waals surface area (Å²) in [6, 6.07) is 1.71. The van der Waals surface area contributed by atoms with Gasteiger partial charge in [-0.3, -0.25) is 4.79 Å². The summed E-state index contributed by atoms with van der Waals surface area (Å²) in [6.07, 6.45) is 4.33. The molecule has 0 radical (unpaired) electrons. The highest BCUT2D eigenvalue weighted by Gasteiger charge is 2.29. The third-order valence-electron chi connectivity index (χ3n) is 3.84. The van der Waals surface area contributed by atoms with Crippen LogP contribution in [0.5, 0.6) is 0 Å². The molecule has 0 unspecified atom stereocenters. The van der Waals surface area contributed by atoms with Crippen molar-refractivity contribution in [1.29, 1.82) is 0 Å². The van der Waals surface area contributed by atoms with Gasteiger partial charge in [0.25, 0.3) is 5.91 Å². The van der Waals surface area contributed by atoms with E-state index >= 15 is 0 Å². The topological polar surface area (TPSA) is 59.5 Å². The Hall–Kier alpha value is -1.33. The molecular weight excluding hydrogens is 327 g/mol. The van der Waals surface area contributed by atoms with E-state index in [0.717, 1.165) is 19.3 Å². The third-order valence-corrected chi connectivity index (χ3v) is 4.53. The van der Waals surface area contributed by atoms with Crippen LogP contribution in [0.4, 0.5) is 0 Å². The van der Waals surface area contributed by atoms with Crippen molar-refractivity contribution in [3.8, 4) is 0 Å². The molecule has 0 bridgehead atoms. The number of rotatable bonds is 3. The fraction of sp³-hybridized carbons (Fsp3) is 0.533. The zero-order valence-electron chi connectivity index (χ0n) is 12.5. The molecule has 7 heteroatoms. The first-order chi connectivity index (χ1) is 10.4. The van der Waals surface area contributed by atoms with Crippen molar-refractivity contribution >= 4 is 35.1 Å². The standard InChI is InChI=1S/C15H18Cl2N2O3/c1-9-4-3-5-10(2)19(9)13(20)8-22-15(21)11-6-12(16)14(17)18-7-11/h6-7,9-10H,3-5,8H2,1-2H3/t9-,10-/m1/s1. The second-order valence-electron chi connectivity index (χ2n) is 5.50. The van der Waals surface area contributed by atoms with Gasteiger partial charge in [-0.25, -0.2) is 9.78 Å². The summed E-state index contributed by atoms with van der Waals surface area (Å²) >= 11 is 11.5. The molecule has 0 N–H and O–H groups in total. The molecule has 1 saturated heterocycles. The minimum absolute atomic E-state index is 0.116. The molecule has 0 aromatic carbocycles. The summed E-state index contributed by atoms with van der Waals surface area (Å²) in [7, 11) is 0. The van der Waals surface area contributed by atoms with E-state index < -0.39 is 5.97 Å². The average molecular weight is 345 g/mol. The lowest BCUT2D eigenvalue weighted by atomic mass is 9.97. The van der Waals surface area contributed by atoms with Gasteiger partial charge in [-0.05, 0) is 39.2 Å². The summed E-state index contributed by atoms with van der Waals surface area (Å²) in [4.78, 5) is 29.8. The normalized spacial score (nSPS) is 21.5. The van der Waals surface area contributed by atoms with E-state index in [1.807, 2.05) is 13.8 Å². The van der Waals surface area contributed by atoms with E-state index in [9.17, 15) is 9.59 Å². The van der Waals surface area contributed by atoms with Crippen LogP contribution in [0.1, 0.15) is 43.5 Å². The van der Waals surface area contributed by atoms with Crippen LogP contribution < -0.4 is 0 Å². The Bertz CT molecular complexity index is 570. The molecule has 1 aliphatic heterocycles. The fourth-order valence-electron chi connectivity index (χ4n) is 2.73. The Balaban J connectivity index is 1.95. The molecular formula is C15H18Cl2N2O3. The van der Waals surface area contributed by atoms with E-state index in [-0.39, 0.29) is 40.3 Å². The summed E-state index contributed by atoms with van der Waals surface area (Å²) in [5.74, 6) is -0.821. The number of carbonyl (C=O) groups excluding carboxylic acids is 2. The van der Waals surface area contributed by atoms with Crippen molar-refractivity contribution in [2.45, 2.75) is 45.2 Å². The Morgan fingerprint density at radius 2 is 1.95 bits per heavy atom. The molecule has 1 aromatic heterocycles. The molecule has 1 aliphatic rings. The van der Waals surface area contributed by atoms with Crippen molar-refractivity contribution in [1.82, 2.24) is 9.88 Å². The molecule has 2 rings (SSSR count). The predicted octanol–water partition coefficient (Wildman–Crippen LogP) is 3.33. The maximum atomic E-state index is 12.3. The Morgan fingerprint density at radius 1 is 1.32 bits per heavy atom. The van der Waals surface area contributed by atoms with Gasteiger partial charge < -0.3 is 9.64 Å². The number of amides is 1. The summed E-state index contributed by atoms with van der Waals surface area (Å²) in [5.41, 5.74) is 0.168. The Kier molecular flexibility index (Phi) is 5.64. The number of ether oxygens (including phenoxy) is 1. The minimum atomic E-state index is -0.642. The molecule has 5 nitrogen and oxygen atoms in total. The van der Waals surface area contributed by atoms with Crippen molar-refractivity contribution in [2.24, 2.45) is 0 Å². The molecule has 1 aromatic rings. The van der Waals surface area contributed by atoms with Crippen LogP contribution in [-0.2, 0) is 9.53 Å². The quantitative estimate of drug-likeness (QED) is 0.623. The number of halogens is 2. The van der Waals surface area contributed by atoms with Crippen LogP contribution in [0.15, 0.2) is 12.3 Å². The second-order valence-corrected chi connectivity index (χ2v) is 6.27. The van der Waals surface area contributed by atoms with Gasteiger partial charge >= 0.3 is 5.97 Å². The molecule has 0 saturated carbocycles. The number of carbonyl (C=O) groups is 2.